The molecule has 0 amide bonds. The maximum absolute atomic E-state index is 9.55. The van der Waals surface area contributed by atoms with Crippen LogP contribution in [0.25, 0.3) is 0 Å². The second kappa shape index (κ2) is 4.23. The molecule has 0 saturated carbocycles. The molecule has 15 heavy (non-hydrogen) atoms. The molecule has 3 N–H and O–H groups in total. The molecule has 0 spiro atoms. The zero-order valence-electron chi connectivity index (χ0n) is 7.97. The minimum Gasteiger partial charge on any atom is -0.394 e. The summed E-state index contributed by atoms with van der Waals surface area (Å²) in [6.07, 6.45) is 0.0464. The van der Waals surface area contributed by atoms with Crippen LogP contribution in [0.1, 0.15) is 12.6 Å². The summed E-state index contributed by atoms with van der Waals surface area (Å²) in [6.45, 7) is -0.344. The Balaban J connectivity index is 2.10. The Bertz CT molecular complexity index is 305. The van der Waals surface area contributed by atoms with Gasteiger partial charge >= 0.3 is 0 Å². The Morgan fingerprint density at radius 3 is 2.87 bits per heavy atom. The van der Waals surface area contributed by atoms with Crippen LogP contribution in [0.2, 0.25) is 0 Å². The standard InChI is InChI=1S/C8H13N3O4/c12-4-6-8(14)5(13)3-7(15-6)11-2-1-9-10-11/h1-2,5-8,12-14H,3-4H2/t5-,6-,7-,8+/m1/s1. The highest BCUT2D eigenvalue weighted by atomic mass is 16.5. The maximum Gasteiger partial charge on any atom is 0.155 e. The topological polar surface area (TPSA) is 101 Å². The zero-order chi connectivity index (χ0) is 10.8. The van der Waals surface area contributed by atoms with E-state index in [4.69, 9.17) is 9.84 Å². The molecule has 4 atom stereocenters. The number of ether oxygens (including phenoxy) is 1. The van der Waals surface area contributed by atoms with E-state index in [0.29, 0.717) is 0 Å². The van der Waals surface area contributed by atoms with Gasteiger partial charge < -0.3 is 20.1 Å². The predicted molar refractivity (Wildman–Crippen MR) is 47.6 cm³/mol. The number of aromatic nitrogens is 3. The first-order chi connectivity index (χ1) is 7.22. The highest BCUT2D eigenvalue weighted by Gasteiger charge is 2.37. The molecule has 1 aromatic rings. The molecule has 7 heteroatoms. The van der Waals surface area contributed by atoms with Crippen LogP contribution in [-0.4, -0.2) is 55.2 Å². The first kappa shape index (κ1) is 10.5. The second-order valence-corrected chi connectivity index (χ2v) is 3.49. The monoisotopic (exact) mass is 215 g/mol. The summed E-state index contributed by atoms with van der Waals surface area (Å²) in [5, 5.41) is 35.3. The predicted octanol–water partition coefficient (Wildman–Crippen LogP) is -1.72. The van der Waals surface area contributed by atoms with Gasteiger partial charge in [0.2, 0.25) is 0 Å². The first-order valence-electron chi connectivity index (χ1n) is 4.70. The molecule has 0 unspecified atom stereocenters. The molecular weight excluding hydrogens is 202 g/mol. The van der Waals surface area contributed by atoms with Gasteiger partial charge in [0.05, 0.1) is 18.9 Å². The Morgan fingerprint density at radius 1 is 1.47 bits per heavy atom. The van der Waals surface area contributed by atoms with Crippen LogP contribution in [0.5, 0.6) is 0 Å². The van der Waals surface area contributed by atoms with Gasteiger partial charge in [-0.25, -0.2) is 4.68 Å². The number of hydrogen-bond acceptors (Lipinski definition) is 6. The van der Waals surface area contributed by atoms with E-state index < -0.39 is 24.5 Å². The van der Waals surface area contributed by atoms with E-state index >= 15 is 0 Å². The molecule has 0 bridgehead atoms. The molecule has 1 aliphatic heterocycles. The van der Waals surface area contributed by atoms with Gasteiger partial charge in [-0.1, -0.05) is 5.21 Å². The van der Waals surface area contributed by atoms with Crippen molar-refractivity contribution in [3.05, 3.63) is 12.4 Å². The van der Waals surface area contributed by atoms with Gasteiger partial charge in [-0.05, 0) is 0 Å². The Labute approximate surface area is 85.9 Å². The van der Waals surface area contributed by atoms with Crippen LogP contribution in [0.15, 0.2) is 12.4 Å². The summed E-state index contributed by atoms with van der Waals surface area (Å²) < 4.78 is 6.81. The molecule has 1 aliphatic rings. The number of aliphatic hydroxyl groups excluding tert-OH is 3. The lowest BCUT2D eigenvalue weighted by Gasteiger charge is -2.35. The summed E-state index contributed by atoms with van der Waals surface area (Å²) in [7, 11) is 0. The van der Waals surface area contributed by atoms with Crippen molar-refractivity contribution >= 4 is 0 Å². The van der Waals surface area contributed by atoms with E-state index in [-0.39, 0.29) is 13.0 Å². The Hall–Kier alpha value is -1.02. The molecule has 7 nitrogen and oxygen atoms in total. The number of rotatable bonds is 2. The lowest BCUT2D eigenvalue weighted by molar-refractivity contribution is -0.204. The number of aliphatic hydroxyl groups is 3. The third-order valence-electron chi connectivity index (χ3n) is 2.47. The van der Waals surface area contributed by atoms with Crippen molar-refractivity contribution in [2.45, 2.75) is 31.0 Å². The minimum atomic E-state index is -1.06. The first-order valence-corrected chi connectivity index (χ1v) is 4.70. The summed E-state index contributed by atoms with van der Waals surface area (Å²) in [5.41, 5.74) is 0. The van der Waals surface area contributed by atoms with Crippen LogP contribution in [0, 0.1) is 0 Å². The normalized spacial score (nSPS) is 36.7. The van der Waals surface area contributed by atoms with Crippen LogP contribution in [0.4, 0.5) is 0 Å². The molecule has 0 radical (unpaired) electrons. The molecule has 2 heterocycles. The summed E-state index contributed by atoms with van der Waals surface area (Å²) in [5.74, 6) is 0. The van der Waals surface area contributed by atoms with E-state index in [1.54, 1.807) is 6.20 Å². The van der Waals surface area contributed by atoms with Gasteiger partial charge in [-0.3, -0.25) is 0 Å². The largest absolute Gasteiger partial charge is 0.394 e. The van der Waals surface area contributed by atoms with Gasteiger partial charge in [0.15, 0.2) is 6.23 Å². The van der Waals surface area contributed by atoms with Crippen LogP contribution < -0.4 is 0 Å². The second-order valence-electron chi connectivity index (χ2n) is 3.49. The fraction of sp³-hybridized carbons (Fsp3) is 0.750. The van der Waals surface area contributed by atoms with Crippen molar-refractivity contribution in [3.8, 4) is 0 Å². The van der Waals surface area contributed by atoms with Crippen molar-refractivity contribution in [2.24, 2.45) is 0 Å². The Morgan fingerprint density at radius 2 is 2.27 bits per heavy atom. The quantitative estimate of drug-likeness (QED) is 0.542. The fourth-order valence-corrected chi connectivity index (χ4v) is 1.62. The SMILES string of the molecule is OC[C@H]1O[C@@H](n2ccnn2)C[C@@H](O)[C@@H]1O. The third kappa shape index (κ3) is 2.00. The van der Waals surface area contributed by atoms with Crippen LogP contribution in [-0.2, 0) is 4.74 Å². The third-order valence-corrected chi connectivity index (χ3v) is 2.47. The van der Waals surface area contributed by atoms with Gasteiger partial charge in [-0.2, -0.15) is 0 Å². The molecule has 0 aromatic carbocycles. The van der Waals surface area contributed by atoms with Crippen molar-refractivity contribution in [1.29, 1.82) is 0 Å². The maximum atomic E-state index is 9.55. The summed E-state index contributed by atoms with van der Waals surface area (Å²) in [6, 6.07) is 0. The molecule has 1 saturated heterocycles. The van der Waals surface area contributed by atoms with E-state index in [2.05, 4.69) is 10.3 Å². The van der Waals surface area contributed by atoms with Gasteiger partial charge in [0.25, 0.3) is 0 Å². The summed E-state index contributed by atoms with van der Waals surface area (Å²) in [4.78, 5) is 0. The van der Waals surface area contributed by atoms with E-state index in [0.717, 1.165) is 0 Å². The van der Waals surface area contributed by atoms with Crippen molar-refractivity contribution in [1.82, 2.24) is 15.0 Å². The van der Waals surface area contributed by atoms with Crippen LogP contribution >= 0.6 is 0 Å². The Kier molecular flexibility index (Phi) is 2.96. The molecule has 1 fully saturated rings. The highest BCUT2D eigenvalue weighted by molar-refractivity contribution is 4.84. The van der Waals surface area contributed by atoms with Gasteiger partial charge in [0, 0.05) is 12.6 Å². The van der Waals surface area contributed by atoms with E-state index in [1.807, 2.05) is 0 Å². The van der Waals surface area contributed by atoms with Crippen molar-refractivity contribution in [2.75, 3.05) is 6.61 Å². The number of hydrogen-bond donors (Lipinski definition) is 3. The average molecular weight is 215 g/mol. The average Bonchev–Trinajstić information content (AvgIpc) is 2.75. The van der Waals surface area contributed by atoms with Crippen molar-refractivity contribution < 1.29 is 20.1 Å². The fourth-order valence-electron chi connectivity index (χ4n) is 1.62. The highest BCUT2D eigenvalue weighted by Crippen LogP contribution is 2.26. The number of nitrogens with zero attached hydrogens (tertiary/aromatic N) is 3. The van der Waals surface area contributed by atoms with E-state index in [1.165, 1.54) is 10.9 Å². The smallest absolute Gasteiger partial charge is 0.155 e. The molecule has 1 aromatic heterocycles. The lowest BCUT2D eigenvalue weighted by Crippen LogP contribution is -2.48. The lowest BCUT2D eigenvalue weighted by atomic mass is 10.0. The van der Waals surface area contributed by atoms with Crippen molar-refractivity contribution in [3.63, 3.8) is 0 Å². The minimum absolute atomic E-state index is 0.223. The van der Waals surface area contributed by atoms with Gasteiger partial charge in [-0.15, -0.1) is 5.10 Å². The summed E-state index contributed by atoms with van der Waals surface area (Å²) >= 11 is 0. The molecule has 0 aliphatic carbocycles. The molecular formula is C8H13N3O4. The zero-order valence-corrected chi connectivity index (χ0v) is 7.97. The van der Waals surface area contributed by atoms with E-state index in [9.17, 15) is 10.2 Å². The molecule has 84 valence electrons. The van der Waals surface area contributed by atoms with Gasteiger partial charge in [0.1, 0.15) is 12.2 Å². The molecule has 2 rings (SSSR count). The van der Waals surface area contributed by atoms with Crippen LogP contribution in [0.3, 0.4) is 0 Å².